The van der Waals surface area contributed by atoms with Crippen LogP contribution in [-0.2, 0) is 0 Å². The number of amides is 1. The molecule has 0 aliphatic rings. The van der Waals surface area contributed by atoms with Gasteiger partial charge in [0.25, 0.3) is 5.91 Å². The number of carbonyl (C=O) groups excluding carboxylic acids is 1. The van der Waals surface area contributed by atoms with E-state index in [0.29, 0.717) is 36.2 Å². The lowest BCUT2D eigenvalue weighted by atomic mass is 10.2. The molecule has 0 unspecified atom stereocenters. The van der Waals surface area contributed by atoms with Gasteiger partial charge in [0.05, 0.1) is 0 Å². The van der Waals surface area contributed by atoms with Gasteiger partial charge < -0.3 is 14.4 Å². The van der Waals surface area contributed by atoms with Gasteiger partial charge in [-0.3, -0.25) is 10.1 Å². The molecule has 154 valence electrons. The summed E-state index contributed by atoms with van der Waals surface area (Å²) in [5, 5.41) is 3.16. The Balaban J connectivity index is 1.54. The van der Waals surface area contributed by atoms with E-state index in [0.717, 1.165) is 11.4 Å². The third-order valence-electron chi connectivity index (χ3n) is 4.31. The van der Waals surface area contributed by atoms with E-state index in [1.807, 2.05) is 72.5 Å². The first-order valence-electron chi connectivity index (χ1n) is 9.76. The van der Waals surface area contributed by atoms with Gasteiger partial charge >= 0.3 is 0 Å². The monoisotopic (exact) mass is 420 g/mol. The van der Waals surface area contributed by atoms with Crippen LogP contribution in [0.5, 0.6) is 11.5 Å². The Morgan fingerprint density at radius 3 is 2.13 bits per heavy atom. The van der Waals surface area contributed by atoms with Crippen LogP contribution >= 0.6 is 12.2 Å². The van der Waals surface area contributed by atoms with Gasteiger partial charge in [-0.05, 0) is 61.6 Å². The molecule has 5 nitrogen and oxygen atoms in total. The van der Waals surface area contributed by atoms with Gasteiger partial charge in [0.15, 0.2) is 5.11 Å². The van der Waals surface area contributed by atoms with Crippen LogP contribution in [0.2, 0.25) is 0 Å². The molecule has 3 rings (SSSR count). The SMILES string of the molecule is CCN(C(=S)NC(=O)c1cccc(OCCOc2ccccc2)c1)c1ccccc1. The fourth-order valence-electron chi connectivity index (χ4n) is 2.85. The number of nitrogens with one attached hydrogen (secondary N) is 1. The van der Waals surface area contributed by atoms with Crippen LogP contribution < -0.4 is 19.7 Å². The maximum Gasteiger partial charge on any atom is 0.257 e. The van der Waals surface area contributed by atoms with Gasteiger partial charge in [-0.2, -0.15) is 0 Å². The minimum Gasteiger partial charge on any atom is -0.490 e. The lowest BCUT2D eigenvalue weighted by Gasteiger charge is -2.23. The summed E-state index contributed by atoms with van der Waals surface area (Å²) in [5.41, 5.74) is 1.41. The largest absolute Gasteiger partial charge is 0.490 e. The maximum atomic E-state index is 12.7. The second kappa shape index (κ2) is 11.0. The molecule has 0 aliphatic heterocycles. The molecule has 3 aromatic carbocycles. The number of benzene rings is 3. The Hall–Kier alpha value is -3.38. The standard InChI is InChI=1S/C24H24N2O3S/c1-2-26(20-11-5-3-6-12-20)24(30)25-23(27)19-10-9-15-22(18-19)29-17-16-28-21-13-7-4-8-14-21/h3-15,18H,2,16-17H2,1H3,(H,25,27,30). The van der Waals surface area contributed by atoms with E-state index in [2.05, 4.69) is 5.32 Å². The highest BCUT2D eigenvalue weighted by Gasteiger charge is 2.14. The lowest BCUT2D eigenvalue weighted by molar-refractivity contribution is 0.0976. The number of para-hydroxylation sites is 2. The normalized spacial score (nSPS) is 10.2. The minimum absolute atomic E-state index is 0.277. The fourth-order valence-corrected chi connectivity index (χ4v) is 3.18. The van der Waals surface area contributed by atoms with E-state index >= 15 is 0 Å². The molecule has 0 saturated heterocycles. The van der Waals surface area contributed by atoms with Crippen LogP contribution in [0.15, 0.2) is 84.9 Å². The highest BCUT2D eigenvalue weighted by molar-refractivity contribution is 7.80. The molecule has 0 spiro atoms. The van der Waals surface area contributed by atoms with Gasteiger partial charge in [-0.25, -0.2) is 0 Å². The van der Waals surface area contributed by atoms with Crippen molar-refractivity contribution in [3.63, 3.8) is 0 Å². The van der Waals surface area contributed by atoms with Crippen molar-refractivity contribution < 1.29 is 14.3 Å². The van der Waals surface area contributed by atoms with E-state index in [1.165, 1.54) is 0 Å². The van der Waals surface area contributed by atoms with E-state index in [9.17, 15) is 4.79 Å². The summed E-state index contributed by atoms with van der Waals surface area (Å²) in [6.07, 6.45) is 0. The van der Waals surface area contributed by atoms with Crippen molar-refractivity contribution in [3.8, 4) is 11.5 Å². The number of nitrogens with zero attached hydrogens (tertiary/aromatic N) is 1. The van der Waals surface area contributed by atoms with Crippen molar-refractivity contribution in [2.75, 3.05) is 24.7 Å². The Kier molecular flexibility index (Phi) is 7.80. The van der Waals surface area contributed by atoms with Crippen molar-refractivity contribution >= 4 is 28.9 Å². The minimum atomic E-state index is -0.277. The average molecular weight is 421 g/mol. The third kappa shape index (κ3) is 6.06. The number of anilines is 1. The molecule has 0 radical (unpaired) electrons. The van der Waals surface area contributed by atoms with E-state index in [4.69, 9.17) is 21.7 Å². The number of hydrogen-bond donors (Lipinski definition) is 1. The summed E-state index contributed by atoms with van der Waals surface area (Å²) in [6, 6.07) is 26.3. The Bertz CT molecular complexity index is 964. The van der Waals surface area contributed by atoms with E-state index < -0.39 is 0 Å². The summed E-state index contributed by atoms with van der Waals surface area (Å²) in [7, 11) is 0. The predicted octanol–water partition coefficient (Wildman–Crippen LogP) is 4.69. The molecule has 0 saturated carbocycles. The van der Waals surface area contributed by atoms with E-state index in [-0.39, 0.29) is 5.91 Å². The maximum absolute atomic E-state index is 12.7. The first kappa shape index (κ1) is 21.3. The summed E-state index contributed by atoms with van der Waals surface area (Å²) >= 11 is 5.44. The summed E-state index contributed by atoms with van der Waals surface area (Å²) in [4.78, 5) is 14.5. The summed E-state index contributed by atoms with van der Waals surface area (Å²) in [6.45, 7) is 3.41. The molecular formula is C24H24N2O3S. The summed E-state index contributed by atoms with van der Waals surface area (Å²) in [5.74, 6) is 1.11. The van der Waals surface area contributed by atoms with Crippen molar-refractivity contribution in [1.29, 1.82) is 0 Å². The second-order valence-corrected chi connectivity index (χ2v) is 6.76. The molecule has 1 N–H and O–H groups in total. The number of hydrogen-bond acceptors (Lipinski definition) is 4. The molecule has 30 heavy (non-hydrogen) atoms. The molecule has 1 amide bonds. The lowest BCUT2D eigenvalue weighted by Crippen LogP contribution is -2.42. The Morgan fingerprint density at radius 2 is 1.47 bits per heavy atom. The highest BCUT2D eigenvalue weighted by atomic mass is 32.1. The number of thiocarbonyl (C=S) groups is 1. The molecular weight excluding hydrogens is 396 g/mol. The van der Waals surface area contributed by atoms with Gasteiger partial charge in [0.2, 0.25) is 0 Å². The second-order valence-electron chi connectivity index (χ2n) is 6.38. The Morgan fingerprint density at radius 1 is 0.867 bits per heavy atom. The average Bonchev–Trinajstić information content (AvgIpc) is 2.79. The van der Waals surface area contributed by atoms with Gasteiger partial charge in [0, 0.05) is 17.8 Å². The third-order valence-corrected chi connectivity index (χ3v) is 4.63. The topological polar surface area (TPSA) is 50.8 Å². The fraction of sp³-hybridized carbons (Fsp3) is 0.167. The molecule has 6 heteroatoms. The van der Waals surface area contributed by atoms with Crippen molar-refractivity contribution in [2.24, 2.45) is 0 Å². The zero-order chi connectivity index (χ0) is 21.2. The van der Waals surface area contributed by atoms with Crippen molar-refractivity contribution in [1.82, 2.24) is 5.32 Å². The van der Waals surface area contributed by atoms with Gasteiger partial charge in [0.1, 0.15) is 24.7 Å². The van der Waals surface area contributed by atoms with Crippen LogP contribution in [0.3, 0.4) is 0 Å². The molecule has 0 atom stereocenters. The first-order chi connectivity index (χ1) is 14.7. The molecule has 0 bridgehead atoms. The van der Waals surface area contributed by atoms with Crippen LogP contribution in [0.4, 0.5) is 5.69 Å². The van der Waals surface area contributed by atoms with Gasteiger partial charge in [-0.15, -0.1) is 0 Å². The molecule has 3 aromatic rings. The van der Waals surface area contributed by atoms with E-state index in [1.54, 1.807) is 24.3 Å². The zero-order valence-corrected chi connectivity index (χ0v) is 17.6. The van der Waals surface area contributed by atoms with Crippen LogP contribution in [0.1, 0.15) is 17.3 Å². The smallest absolute Gasteiger partial charge is 0.257 e. The number of carbonyl (C=O) groups is 1. The zero-order valence-electron chi connectivity index (χ0n) is 16.8. The van der Waals surface area contributed by atoms with Crippen molar-refractivity contribution in [3.05, 3.63) is 90.5 Å². The molecule has 0 heterocycles. The van der Waals surface area contributed by atoms with Crippen LogP contribution in [0, 0.1) is 0 Å². The molecule has 0 aromatic heterocycles. The summed E-state index contributed by atoms with van der Waals surface area (Å²) < 4.78 is 11.3. The van der Waals surface area contributed by atoms with Crippen molar-refractivity contribution in [2.45, 2.75) is 6.92 Å². The van der Waals surface area contributed by atoms with Crippen LogP contribution in [0.25, 0.3) is 0 Å². The van der Waals surface area contributed by atoms with Crippen LogP contribution in [-0.4, -0.2) is 30.8 Å². The van der Waals surface area contributed by atoms with Gasteiger partial charge in [-0.1, -0.05) is 42.5 Å². The number of ether oxygens (including phenoxy) is 2. The molecule has 0 aliphatic carbocycles. The highest BCUT2D eigenvalue weighted by Crippen LogP contribution is 2.16. The quantitative estimate of drug-likeness (QED) is 0.423. The first-order valence-corrected chi connectivity index (χ1v) is 10.2. The Labute approximate surface area is 182 Å². The number of rotatable bonds is 8. The predicted molar refractivity (Wildman–Crippen MR) is 123 cm³/mol. The molecule has 0 fully saturated rings.